The lowest BCUT2D eigenvalue weighted by molar-refractivity contribution is -0.122. The van der Waals surface area contributed by atoms with Crippen molar-refractivity contribution in [3.05, 3.63) is 23.9 Å². The molecule has 2 rings (SSSR count). The molecule has 1 fully saturated rings. The molecule has 1 saturated carbocycles. The number of halogens is 1. The first-order valence-corrected chi connectivity index (χ1v) is 7.69. The number of carbonyl (C=O) groups is 1. The molecule has 0 spiro atoms. The fourth-order valence-electron chi connectivity index (χ4n) is 2.49. The topological polar surface area (TPSA) is 77.2 Å². The van der Waals surface area contributed by atoms with Crippen LogP contribution in [0.15, 0.2) is 18.3 Å². The maximum atomic E-state index is 11.5. The fraction of sp³-hybridized carbons (Fsp3) is 0.625. The molecule has 0 aliphatic heterocycles. The molecule has 6 heteroatoms. The minimum atomic E-state index is -0.494. The van der Waals surface area contributed by atoms with E-state index in [9.17, 15) is 4.79 Å². The van der Waals surface area contributed by atoms with Crippen molar-refractivity contribution in [3.8, 4) is 5.88 Å². The van der Waals surface area contributed by atoms with E-state index in [1.807, 2.05) is 12.1 Å². The zero-order chi connectivity index (χ0) is 15.2. The average Bonchev–Trinajstić information content (AvgIpc) is 2.47. The molecule has 1 aliphatic carbocycles. The molecule has 1 unspecified atom stereocenters. The molecule has 0 aromatic carbocycles. The van der Waals surface area contributed by atoms with Gasteiger partial charge in [0.1, 0.15) is 6.10 Å². The average molecular weight is 328 g/mol. The Balaban J connectivity index is 0.00000242. The van der Waals surface area contributed by atoms with Crippen LogP contribution in [0.4, 0.5) is 0 Å². The Morgan fingerprint density at radius 1 is 1.45 bits per heavy atom. The summed E-state index contributed by atoms with van der Waals surface area (Å²) in [6, 6.07) is 3.27. The zero-order valence-electron chi connectivity index (χ0n) is 13.2. The van der Waals surface area contributed by atoms with Gasteiger partial charge in [0.15, 0.2) is 0 Å². The third kappa shape index (κ3) is 5.81. The minimum absolute atomic E-state index is 0. The predicted octanol–water partition coefficient (Wildman–Crippen LogP) is 2.42. The van der Waals surface area contributed by atoms with E-state index in [4.69, 9.17) is 10.5 Å². The van der Waals surface area contributed by atoms with Crippen molar-refractivity contribution in [2.75, 3.05) is 0 Å². The molecular formula is C16H26ClN3O2. The summed E-state index contributed by atoms with van der Waals surface area (Å²) < 4.78 is 5.95. The van der Waals surface area contributed by atoms with Gasteiger partial charge >= 0.3 is 0 Å². The smallest absolute Gasteiger partial charge is 0.236 e. The van der Waals surface area contributed by atoms with Crippen LogP contribution in [0, 0.1) is 5.92 Å². The van der Waals surface area contributed by atoms with Gasteiger partial charge in [0.2, 0.25) is 11.8 Å². The molecule has 1 atom stereocenters. The van der Waals surface area contributed by atoms with Crippen molar-refractivity contribution >= 4 is 18.3 Å². The molecule has 124 valence electrons. The van der Waals surface area contributed by atoms with Gasteiger partial charge in [-0.2, -0.15) is 0 Å². The molecule has 1 aliphatic rings. The van der Waals surface area contributed by atoms with E-state index in [2.05, 4.69) is 17.2 Å². The molecule has 0 radical (unpaired) electrons. The standard InChI is InChI=1S/C16H25N3O2.ClH/c1-11-3-5-14(6-4-11)21-15-9-13(7-8-18-15)10-19-16(20)12(2)17;/h7-9,11-12,14H,3-6,10,17H2,1-2H3,(H,19,20);1H. The summed E-state index contributed by atoms with van der Waals surface area (Å²) in [5.74, 6) is 1.29. The minimum Gasteiger partial charge on any atom is -0.474 e. The Morgan fingerprint density at radius 3 is 2.77 bits per heavy atom. The maximum absolute atomic E-state index is 11.5. The molecule has 1 aromatic heterocycles. The highest BCUT2D eigenvalue weighted by atomic mass is 35.5. The van der Waals surface area contributed by atoms with Gasteiger partial charge in [-0.05, 0) is 50.2 Å². The van der Waals surface area contributed by atoms with Crippen LogP contribution < -0.4 is 15.8 Å². The highest BCUT2D eigenvalue weighted by Gasteiger charge is 2.19. The van der Waals surface area contributed by atoms with Crippen LogP contribution in [-0.2, 0) is 11.3 Å². The molecule has 1 aromatic rings. The van der Waals surface area contributed by atoms with Crippen LogP contribution in [0.3, 0.4) is 0 Å². The summed E-state index contributed by atoms with van der Waals surface area (Å²) in [6.07, 6.45) is 6.60. The summed E-state index contributed by atoms with van der Waals surface area (Å²) >= 11 is 0. The second-order valence-corrected chi connectivity index (χ2v) is 6.01. The molecule has 1 amide bonds. The van der Waals surface area contributed by atoms with Gasteiger partial charge in [-0.25, -0.2) is 4.98 Å². The lowest BCUT2D eigenvalue weighted by Gasteiger charge is -2.26. The Kier molecular flexibility index (Phi) is 7.62. The highest BCUT2D eigenvalue weighted by Crippen LogP contribution is 2.26. The number of nitrogens with zero attached hydrogens (tertiary/aromatic N) is 1. The second-order valence-electron chi connectivity index (χ2n) is 6.01. The lowest BCUT2D eigenvalue weighted by Crippen LogP contribution is -2.37. The summed E-state index contributed by atoms with van der Waals surface area (Å²) in [5, 5.41) is 2.79. The van der Waals surface area contributed by atoms with Crippen molar-refractivity contribution in [2.24, 2.45) is 11.7 Å². The number of aromatic nitrogens is 1. The van der Waals surface area contributed by atoms with Crippen LogP contribution >= 0.6 is 12.4 Å². The number of pyridine rings is 1. The number of hydrogen-bond acceptors (Lipinski definition) is 4. The van der Waals surface area contributed by atoms with Gasteiger partial charge in [-0.3, -0.25) is 4.79 Å². The van der Waals surface area contributed by atoms with E-state index in [1.165, 1.54) is 12.8 Å². The summed E-state index contributed by atoms with van der Waals surface area (Å²) in [5.41, 5.74) is 6.49. The van der Waals surface area contributed by atoms with E-state index < -0.39 is 6.04 Å². The van der Waals surface area contributed by atoms with Gasteiger partial charge in [0, 0.05) is 18.8 Å². The number of amides is 1. The molecule has 0 bridgehead atoms. The van der Waals surface area contributed by atoms with Crippen LogP contribution in [0.1, 0.15) is 45.1 Å². The molecule has 22 heavy (non-hydrogen) atoms. The van der Waals surface area contributed by atoms with Gasteiger partial charge < -0.3 is 15.8 Å². The zero-order valence-corrected chi connectivity index (χ0v) is 14.1. The van der Waals surface area contributed by atoms with E-state index in [0.29, 0.717) is 12.4 Å². The predicted molar refractivity (Wildman–Crippen MR) is 89.0 cm³/mol. The van der Waals surface area contributed by atoms with Gasteiger partial charge in [0.05, 0.1) is 6.04 Å². The van der Waals surface area contributed by atoms with Crippen LogP contribution in [0.2, 0.25) is 0 Å². The molecule has 1 heterocycles. The first kappa shape index (κ1) is 18.7. The van der Waals surface area contributed by atoms with Gasteiger partial charge in [0.25, 0.3) is 0 Å². The lowest BCUT2D eigenvalue weighted by atomic mass is 9.89. The summed E-state index contributed by atoms with van der Waals surface area (Å²) in [7, 11) is 0. The van der Waals surface area contributed by atoms with Crippen molar-refractivity contribution in [2.45, 2.75) is 58.2 Å². The number of hydrogen-bond donors (Lipinski definition) is 2. The Bertz CT molecular complexity index is 474. The fourth-order valence-corrected chi connectivity index (χ4v) is 2.49. The molecule has 0 saturated heterocycles. The van der Waals surface area contributed by atoms with Crippen molar-refractivity contribution < 1.29 is 9.53 Å². The van der Waals surface area contributed by atoms with Crippen molar-refractivity contribution in [3.63, 3.8) is 0 Å². The van der Waals surface area contributed by atoms with Crippen molar-refractivity contribution in [1.82, 2.24) is 10.3 Å². The van der Waals surface area contributed by atoms with Crippen molar-refractivity contribution in [1.29, 1.82) is 0 Å². The number of ether oxygens (including phenoxy) is 1. The molecule has 5 nitrogen and oxygen atoms in total. The number of nitrogens with one attached hydrogen (secondary N) is 1. The molecular weight excluding hydrogens is 302 g/mol. The van der Waals surface area contributed by atoms with E-state index in [-0.39, 0.29) is 24.4 Å². The van der Waals surface area contributed by atoms with Crippen LogP contribution in [0.5, 0.6) is 5.88 Å². The van der Waals surface area contributed by atoms with E-state index >= 15 is 0 Å². The number of nitrogens with two attached hydrogens (primary N) is 1. The van der Waals surface area contributed by atoms with Crippen LogP contribution in [0.25, 0.3) is 0 Å². The van der Waals surface area contributed by atoms with Gasteiger partial charge in [-0.15, -0.1) is 12.4 Å². The quantitative estimate of drug-likeness (QED) is 0.870. The summed E-state index contributed by atoms with van der Waals surface area (Å²) in [4.78, 5) is 15.7. The Labute approximate surface area is 138 Å². The Hall–Kier alpha value is -1.33. The first-order chi connectivity index (χ1) is 10.0. The summed E-state index contributed by atoms with van der Waals surface area (Å²) in [6.45, 7) is 4.40. The highest BCUT2D eigenvalue weighted by molar-refractivity contribution is 5.85. The number of rotatable bonds is 5. The SMILES string of the molecule is CC1CCC(Oc2cc(CNC(=O)C(C)N)ccn2)CC1.Cl. The Morgan fingerprint density at radius 2 is 2.14 bits per heavy atom. The third-order valence-corrected chi connectivity index (χ3v) is 3.93. The first-order valence-electron chi connectivity index (χ1n) is 7.69. The monoisotopic (exact) mass is 327 g/mol. The maximum Gasteiger partial charge on any atom is 0.236 e. The second kappa shape index (κ2) is 8.96. The normalized spacial score (nSPS) is 22.3. The molecule has 3 N–H and O–H groups in total. The number of carbonyl (C=O) groups excluding carboxylic acids is 1. The van der Waals surface area contributed by atoms with E-state index in [0.717, 1.165) is 24.3 Å². The van der Waals surface area contributed by atoms with E-state index in [1.54, 1.807) is 13.1 Å². The van der Waals surface area contributed by atoms with Gasteiger partial charge in [-0.1, -0.05) is 6.92 Å². The van der Waals surface area contributed by atoms with Crippen LogP contribution in [-0.4, -0.2) is 23.0 Å². The largest absolute Gasteiger partial charge is 0.474 e. The third-order valence-electron chi connectivity index (χ3n) is 3.93.